The van der Waals surface area contributed by atoms with Crippen LogP contribution >= 0.6 is 15.6 Å². The van der Waals surface area contributed by atoms with Gasteiger partial charge in [0.15, 0.2) is 12.2 Å². The largest absolute Gasteiger partial charge is 0.472 e. The molecule has 0 spiro atoms. The first-order valence-corrected chi connectivity index (χ1v) is 36.1. The summed E-state index contributed by atoms with van der Waals surface area (Å²) < 4.78 is 67.8. The third-order valence-electron chi connectivity index (χ3n) is 14.5. The summed E-state index contributed by atoms with van der Waals surface area (Å²) in [4.78, 5) is 72.0. The number of aliphatic hydroxyl groups excluding tert-OH is 1. The predicted molar refractivity (Wildman–Crippen MR) is 326 cm³/mol. The zero-order chi connectivity index (χ0) is 60.6. The standard InChI is InChI=1S/C63H122O17P2/c1-6-9-12-15-18-26-32-37-42-47-61(66)74-53-59(80-63(68)49-44-39-34-29-25-23-21-20-22-24-28-31-35-40-45-56(4)5)55-78-82(71,72)76-51-57(64)50-75-81(69,70)77-54-58(52-73-60(65)46-41-36-30-17-14-11-8-3)79-62(67)48-43-38-33-27-19-16-13-10-7-2/h56-59,64H,6-55H2,1-5H3,(H,69,70)(H,71,72)/t57-,58+,59+/m0/s1. The van der Waals surface area contributed by atoms with Crippen LogP contribution in [-0.2, 0) is 65.4 Å². The summed E-state index contributed by atoms with van der Waals surface area (Å²) in [5.74, 6) is -1.34. The molecule has 2 unspecified atom stereocenters. The smallest absolute Gasteiger partial charge is 0.462 e. The average Bonchev–Trinajstić information content (AvgIpc) is 3.44. The number of carbonyl (C=O) groups excluding carboxylic acids is 4. The molecule has 486 valence electrons. The first kappa shape index (κ1) is 80.1. The Hall–Kier alpha value is -1.94. The third-order valence-corrected chi connectivity index (χ3v) is 16.4. The highest BCUT2D eigenvalue weighted by molar-refractivity contribution is 7.47. The van der Waals surface area contributed by atoms with E-state index in [4.69, 9.17) is 37.0 Å². The Bertz CT molecular complexity index is 1600. The highest BCUT2D eigenvalue weighted by Gasteiger charge is 2.30. The van der Waals surface area contributed by atoms with Gasteiger partial charge >= 0.3 is 39.5 Å². The van der Waals surface area contributed by atoms with Gasteiger partial charge in [-0.15, -0.1) is 0 Å². The van der Waals surface area contributed by atoms with Crippen molar-refractivity contribution < 1.29 is 80.2 Å². The van der Waals surface area contributed by atoms with Gasteiger partial charge in [0, 0.05) is 25.7 Å². The minimum Gasteiger partial charge on any atom is -0.462 e. The summed E-state index contributed by atoms with van der Waals surface area (Å²) >= 11 is 0. The highest BCUT2D eigenvalue weighted by Crippen LogP contribution is 2.45. The first-order valence-electron chi connectivity index (χ1n) is 33.1. The van der Waals surface area contributed by atoms with E-state index in [0.717, 1.165) is 109 Å². The van der Waals surface area contributed by atoms with Gasteiger partial charge in [0.1, 0.15) is 19.3 Å². The van der Waals surface area contributed by atoms with Crippen LogP contribution in [-0.4, -0.2) is 96.7 Å². The number of esters is 4. The average molecular weight is 1210 g/mol. The minimum absolute atomic E-state index is 0.105. The van der Waals surface area contributed by atoms with Crippen LogP contribution in [0, 0.1) is 5.92 Å². The zero-order valence-corrected chi connectivity index (χ0v) is 54.4. The highest BCUT2D eigenvalue weighted by atomic mass is 31.2. The number of unbranched alkanes of at least 4 members (excludes halogenated alkanes) is 35. The van der Waals surface area contributed by atoms with Gasteiger partial charge in [-0.05, 0) is 31.6 Å². The maximum atomic E-state index is 13.0. The second-order valence-corrected chi connectivity index (χ2v) is 26.2. The molecular weight excluding hydrogens is 1090 g/mol. The van der Waals surface area contributed by atoms with E-state index in [1.807, 2.05) is 0 Å². The maximum Gasteiger partial charge on any atom is 0.472 e. The summed E-state index contributed by atoms with van der Waals surface area (Å²) in [6.07, 6.45) is 40.4. The van der Waals surface area contributed by atoms with Gasteiger partial charge in [-0.25, -0.2) is 9.13 Å². The molecule has 0 bridgehead atoms. The number of phosphoric acid groups is 2. The van der Waals surface area contributed by atoms with Crippen molar-refractivity contribution >= 4 is 39.5 Å². The fourth-order valence-corrected chi connectivity index (χ4v) is 11.0. The molecular formula is C63H122O17P2. The van der Waals surface area contributed by atoms with E-state index in [1.165, 1.54) is 128 Å². The lowest BCUT2D eigenvalue weighted by molar-refractivity contribution is -0.161. The van der Waals surface area contributed by atoms with Crippen molar-refractivity contribution in [2.75, 3.05) is 39.6 Å². The minimum atomic E-state index is -4.94. The summed E-state index contributed by atoms with van der Waals surface area (Å²) in [6.45, 7) is 7.14. The van der Waals surface area contributed by atoms with Crippen LogP contribution in [0.5, 0.6) is 0 Å². The van der Waals surface area contributed by atoms with E-state index >= 15 is 0 Å². The lowest BCUT2D eigenvalue weighted by Gasteiger charge is -2.21. The van der Waals surface area contributed by atoms with E-state index in [1.54, 1.807) is 0 Å². The molecule has 0 aliphatic carbocycles. The number of rotatable bonds is 63. The molecule has 0 rings (SSSR count). The van der Waals surface area contributed by atoms with Gasteiger partial charge in [0.2, 0.25) is 0 Å². The Labute approximate surface area is 498 Å². The van der Waals surface area contributed by atoms with Gasteiger partial charge in [-0.2, -0.15) is 0 Å². The lowest BCUT2D eigenvalue weighted by atomic mass is 10.0. The second-order valence-electron chi connectivity index (χ2n) is 23.3. The molecule has 82 heavy (non-hydrogen) atoms. The van der Waals surface area contributed by atoms with Crippen LogP contribution in [0.15, 0.2) is 0 Å². The number of ether oxygens (including phenoxy) is 4. The molecule has 0 aromatic carbocycles. The van der Waals surface area contributed by atoms with Crippen molar-refractivity contribution in [2.45, 2.75) is 335 Å². The van der Waals surface area contributed by atoms with Crippen LogP contribution in [0.3, 0.4) is 0 Å². The summed E-state index contributed by atoms with van der Waals surface area (Å²) in [6, 6.07) is 0. The Morgan fingerprint density at radius 2 is 0.561 bits per heavy atom. The van der Waals surface area contributed by atoms with Gasteiger partial charge in [-0.3, -0.25) is 37.3 Å². The van der Waals surface area contributed by atoms with Crippen LogP contribution in [0.2, 0.25) is 0 Å². The second kappa shape index (κ2) is 56.8. The number of carbonyl (C=O) groups is 4. The zero-order valence-electron chi connectivity index (χ0n) is 52.6. The fraction of sp³-hybridized carbons (Fsp3) is 0.937. The molecule has 0 aliphatic heterocycles. The Morgan fingerprint density at radius 3 is 0.829 bits per heavy atom. The van der Waals surface area contributed by atoms with Gasteiger partial charge in [0.25, 0.3) is 0 Å². The van der Waals surface area contributed by atoms with E-state index in [2.05, 4.69) is 34.6 Å². The first-order chi connectivity index (χ1) is 39.5. The van der Waals surface area contributed by atoms with Crippen molar-refractivity contribution in [3.63, 3.8) is 0 Å². The van der Waals surface area contributed by atoms with Crippen LogP contribution in [0.25, 0.3) is 0 Å². The van der Waals surface area contributed by atoms with E-state index in [0.29, 0.717) is 25.7 Å². The van der Waals surface area contributed by atoms with E-state index < -0.39 is 97.5 Å². The number of phosphoric ester groups is 2. The van der Waals surface area contributed by atoms with Crippen molar-refractivity contribution in [2.24, 2.45) is 5.92 Å². The topological polar surface area (TPSA) is 237 Å². The Balaban J connectivity index is 5.15. The van der Waals surface area contributed by atoms with Crippen molar-refractivity contribution in [3.8, 4) is 0 Å². The van der Waals surface area contributed by atoms with Gasteiger partial charge < -0.3 is 33.8 Å². The summed E-state index contributed by atoms with van der Waals surface area (Å²) in [5.41, 5.74) is 0. The molecule has 0 fully saturated rings. The van der Waals surface area contributed by atoms with E-state index in [9.17, 15) is 43.2 Å². The molecule has 0 radical (unpaired) electrons. The molecule has 0 saturated carbocycles. The van der Waals surface area contributed by atoms with E-state index in [-0.39, 0.29) is 25.7 Å². The Kier molecular flexibility index (Phi) is 55.5. The number of aliphatic hydroxyl groups is 1. The number of hydrogen-bond acceptors (Lipinski definition) is 15. The predicted octanol–water partition coefficient (Wildman–Crippen LogP) is 17.4. The van der Waals surface area contributed by atoms with Crippen LogP contribution < -0.4 is 0 Å². The molecule has 0 amide bonds. The molecule has 0 heterocycles. The molecule has 0 aliphatic rings. The monoisotopic (exact) mass is 1210 g/mol. The summed E-state index contributed by atoms with van der Waals surface area (Å²) in [7, 11) is -9.87. The fourth-order valence-electron chi connectivity index (χ4n) is 9.41. The molecule has 3 N–H and O–H groups in total. The lowest BCUT2D eigenvalue weighted by Crippen LogP contribution is -2.30. The SMILES string of the molecule is CCCCCCCCCCCC(=O)OC[C@H](COP(=O)(O)OC[C@@H](O)COP(=O)(O)OC[C@@H](COC(=O)CCCCCCCCC)OC(=O)CCCCCCCCCCC)OC(=O)CCCCCCCCCCCCCCCCC(C)C. The number of hydrogen-bond donors (Lipinski definition) is 3. The van der Waals surface area contributed by atoms with Crippen molar-refractivity contribution in [1.29, 1.82) is 0 Å². The summed E-state index contributed by atoms with van der Waals surface area (Å²) in [5, 5.41) is 10.5. The molecule has 17 nitrogen and oxygen atoms in total. The van der Waals surface area contributed by atoms with Crippen molar-refractivity contribution in [3.05, 3.63) is 0 Å². The van der Waals surface area contributed by atoms with Crippen molar-refractivity contribution in [1.82, 2.24) is 0 Å². The molecule has 0 saturated heterocycles. The van der Waals surface area contributed by atoms with Gasteiger partial charge in [-0.1, -0.05) is 266 Å². The maximum absolute atomic E-state index is 13.0. The molecule has 0 aromatic heterocycles. The van der Waals surface area contributed by atoms with Crippen LogP contribution in [0.1, 0.15) is 317 Å². The normalized spacial score (nSPS) is 14.3. The van der Waals surface area contributed by atoms with Gasteiger partial charge in [0.05, 0.1) is 26.4 Å². The molecule has 0 aromatic rings. The molecule has 19 heteroatoms. The quantitative estimate of drug-likeness (QED) is 0.0222. The Morgan fingerprint density at radius 1 is 0.329 bits per heavy atom. The van der Waals surface area contributed by atoms with Crippen LogP contribution in [0.4, 0.5) is 0 Å². The molecule has 5 atom stereocenters. The third kappa shape index (κ3) is 57.2.